The molecule has 2 aliphatic heterocycles. The predicted molar refractivity (Wildman–Crippen MR) is 88.8 cm³/mol. The molecule has 2 aliphatic rings. The molecular weight excluding hydrogens is 308 g/mol. The summed E-state index contributed by atoms with van der Waals surface area (Å²) >= 11 is 0. The fourth-order valence-corrected chi connectivity index (χ4v) is 3.44. The third-order valence-electron chi connectivity index (χ3n) is 4.88. The first-order valence-corrected chi connectivity index (χ1v) is 8.88. The summed E-state index contributed by atoms with van der Waals surface area (Å²) in [6, 6.07) is 1.70. The Kier molecular flexibility index (Phi) is 5.56. The van der Waals surface area contributed by atoms with Crippen LogP contribution in [0.25, 0.3) is 0 Å². The van der Waals surface area contributed by atoms with Crippen molar-refractivity contribution in [3.63, 3.8) is 0 Å². The summed E-state index contributed by atoms with van der Waals surface area (Å²) in [5.74, 6) is 0.677. The fourth-order valence-electron chi connectivity index (χ4n) is 3.44. The topological polar surface area (TPSA) is 63.0 Å². The van der Waals surface area contributed by atoms with E-state index in [-0.39, 0.29) is 17.9 Å². The minimum absolute atomic E-state index is 0.0723. The number of hydrogen-bond acceptors (Lipinski definition) is 4. The number of nitrogens with zero attached hydrogens (tertiary/aromatic N) is 2. The van der Waals surface area contributed by atoms with Gasteiger partial charge in [0.05, 0.1) is 17.9 Å². The molecule has 132 valence electrons. The van der Waals surface area contributed by atoms with Gasteiger partial charge in [0.2, 0.25) is 5.91 Å². The summed E-state index contributed by atoms with van der Waals surface area (Å²) in [5, 5.41) is 0. The molecule has 0 spiro atoms. The molecule has 0 bridgehead atoms. The second-order valence-corrected chi connectivity index (χ2v) is 6.61. The highest BCUT2D eigenvalue weighted by atomic mass is 16.5. The maximum Gasteiger partial charge on any atom is 0.257 e. The van der Waals surface area contributed by atoms with Gasteiger partial charge in [-0.25, -0.2) is 0 Å². The Bertz CT molecular complexity index is 571. The van der Waals surface area contributed by atoms with Crippen LogP contribution in [0.2, 0.25) is 0 Å². The number of rotatable bonds is 6. The molecule has 2 saturated heterocycles. The van der Waals surface area contributed by atoms with Crippen LogP contribution in [-0.2, 0) is 9.53 Å². The second kappa shape index (κ2) is 7.83. The maximum atomic E-state index is 12.8. The third-order valence-corrected chi connectivity index (χ3v) is 4.88. The summed E-state index contributed by atoms with van der Waals surface area (Å²) in [6.07, 6.45) is 6.13. The molecular formula is C18H26N2O4. The summed E-state index contributed by atoms with van der Waals surface area (Å²) in [4.78, 5) is 28.8. The van der Waals surface area contributed by atoms with Crippen LogP contribution >= 0.6 is 0 Å². The van der Waals surface area contributed by atoms with Gasteiger partial charge < -0.3 is 19.0 Å². The van der Waals surface area contributed by atoms with Crippen molar-refractivity contribution in [3.8, 4) is 0 Å². The van der Waals surface area contributed by atoms with Crippen molar-refractivity contribution in [2.45, 2.75) is 45.1 Å². The number of aryl methyl sites for hydroxylation is 1. The molecule has 2 amide bonds. The Balaban J connectivity index is 1.63. The van der Waals surface area contributed by atoms with Crippen LogP contribution in [0.1, 0.15) is 48.2 Å². The van der Waals surface area contributed by atoms with Crippen LogP contribution in [0.4, 0.5) is 0 Å². The molecule has 6 heteroatoms. The molecule has 3 rings (SSSR count). The van der Waals surface area contributed by atoms with E-state index in [0.29, 0.717) is 30.8 Å². The summed E-state index contributed by atoms with van der Waals surface area (Å²) in [6.45, 7) is 5.20. The molecule has 6 nitrogen and oxygen atoms in total. The molecule has 1 atom stereocenters. The zero-order valence-electron chi connectivity index (χ0n) is 14.3. The van der Waals surface area contributed by atoms with Gasteiger partial charge in [0.15, 0.2) is 0 Å². The van der Waals surface area contributed by atoms with E-state index in [1.54, 1.807) is 17.9 Å². The van der Waals surface area contributed by atoms with Crippen molar-refractivity contribution in [3.05, 3.63) is 23.7 Å². The number of ether oxygens (including phenoxy) is 1. The van der Waals surface area contributed by atoms with Gasteiger partial charge in [-0.3, -0.25) is 9.59 Å². The van der Waals surface area contributed by atoms with Gasteiger partial charge in [-0.15, -0.1) is 0 Å². The average molecular weight is 334 g/mol. The lowest BCUT2D eigenvalue weighted by molar-refractivity contribution is -0.130. The zero-order chi connectivity index (χ0) is 16.9. The van der Waals surface area contributed by atoms with Crippen molar-refractivity contribution in [1.29, 1.82) is 0 Å². The lowest BCUT2D eigenvalue weighted by Crippen LogP contribution is -2.40. The number of amides is 2. The van der Waals surface area contributed by atoms with Crippen LogP contribution in [0.3, 0.4) is 0 Å². The number of furan rings is 1. The van der Waals surface area contributed by atoms with Crippen molar-refractivity contribution >= 4 is 11.8 Å². The highest BCUT2D eigenvalue weighted by Gasteiger charge is 2.26. The molecule has 24 heavy (non-hydrogen) atoms. The molecule has 1 aromatic heterocycles. The molecule has 0 aromatic carbocycles. The van der Waals surface area contributed by atoms with Crippen molar-refractivity contribution in [2.75, 3.05) is 32.8 Å². The molecule has 0 aliphatic carbocycles. The first-order chi connectivity index (χ1) is 11.6. The van der Waals surface area contributed by atoms with E-state index >= 15 is 0 Å². The van der Waals surface area contributed by atoms with Crippen LogP contribution in [0, 0.1) is 6.92 Å². The molecule has 0 N–H and O–H groups in total. The van der Waals surface area contributed by atoms with Crippen LogP contribution in [-0.4, -0.2) is 60.5 Å². The van der Waals surface area contributed by atoms with E-state index in [0.717, 1.165) is 45.4 Å². The Morgan fingerprint density at radius 3 is 2.71 bits per heavy atom. The summed E-state index contributed by atoms with van der Waals surface area (Å²) in [7, 11) is 0. The van der Waals surface area contributed by atoms with Crippen LogP contribution in [0.15, 0.2) is 16.7 Å². The smallest absolute Gasteiger partial charge is 0.257 e. The Labute approximate surface area is 142 Å². The maximum absolute atomic E-state index is 12.8. The van der Waals surface area contributed by atoms with E-state index < -0.39 is 0 Å². The Hall–Kier alpha value is -1.82. The van der Waals surface area contributed by atoms with Gasteiger partial charge in [0.25, 0.3) is 5.91 Å². The minimum Gasteiger partial charge on any atom is -0.469 e. The molecule has 3 heterocycles. The number of hydrogen-bond donors (Lipinski definition) is 0. The SMILES string of the molecule is Cc1occc1C(=O)N(CCC(=O)N1CCCC1)CC1CCCO1. The number of carbonyl (C=O) groups is 2. The van der Waals surface area contributed by atoms with Gasteiger partial charge in [-0.1, -0.05) is 0 Å². The van der Waals surface area contributed by atoms with Gasteiger partial charge in [0, 0.05) is 39.2 Å². The van der Waals surface area contributed by atoms with Gasteiger partial charge in [-0.2, -0.15) is 0 Å². The highest BCUT2D eigenvalue weighted by molar-refractivity contribution is 5.95. The Morgan fingerprint density at radius 1 is 1.29 bits per heavy atom. The quantitative estimate of drug-likeness (QED) is 0.800. The molecule has 1 unspecified atom stereocenters. The predicted octanol–water partition coefficient (Wildman–Crippen LogP) is 2.22. The highest BCUT2D eigenvalue weighted by Crippen LogP contribution is 2.18. The minimum atomic E-state index is -0.0778. The third kappa shape index (κ3) is 3.98. The molecule has 1 aromatic rings. The lowest BCUT2D eigenvalue weighted by atomic mass is 10.1. The zero-order valence-corrected chi connectivity index (χ0v) is 14.3. The number of likely N-dealkylation sites (tertiary alicyclic amines) is 1. The lowest BCUT2D eigenvalue weighted by Gasteiger charge is -2.26. The summed E-state index contributed by atoms with van der Waals surface area (Å²) < 4.78 is 10.9. The van der Waals surface area contributed by atoms with E-state index in [1.807, 2.05) is 4.90 Å². The summed E-state index contributed by atoms with van der Waals surface area (Å²) in [5.41, 5.74) is 0.571. The van der Waals surface area contributed by atoms with Crippen LogP contribution < -0.4 is 0 Å². The molecule has 0 saturated carbocycles. The monoisotopic (exact) mass is 334 g/mol. The van der Waals surface area contributed by atoms with Crippen molar-refractivity contribution in [2.24, 2.45) is 0 Å². The van der Waals surface area contributed by atoms with Gasteiger partial charge in [0.1, 0.15) is 5.76 Å². The van der Waals surface area contributed by atoms with Gasteiger partial charge >= 0.3 is 0 Å². The first kappa shape index (κ1) is 17.0. The standard InChI is InChI=1S/C18H26N2O4/c1-14-16(7-12-23-14)18(22)20(13-15-5-4-11-24-15)10-6-17(21)19-8-2-3-9-19/h7,12,15H,2-6,8-11,13H2,1H3. The van der Waals surface area contributed by atoms with E-state index in [4.69, 9.17) is 9.15 Å². The molecule has 2 fully saturated rings. The van der Waals surface area contributed by atoms with Crippen LogP contribution in [0.5, 0.6) is 0 Å². The van der Waals surface area contributed by atoms with E-state index in [2.05, 4.69) is 0 Å². The fraction of sp³-hybridized carbons (Fsp3) is 0.667. The van der Waals surface area contributed by atoms with E-state index in [9.17, 15) is 9.59 Å². The first-order valence-electron chi connectivity index (χ1n) is 8.88. The average Bonchev–Trinajstić information content (AvgIpc) is 3.32. The molecule has 0 radical (unpaired) electrons. The number of carbonyl (C=O) groups excluding carboxylic acids is 2. The van der Waals surface area contributed by atoms with Crippen molar-refractivity contribution in [1.82, 2.24) is 9.80 Å². The van der Waals surface area contributed by atoms with E-state index in [1.165, 1.54) is 6.26 Å². The second-order valence-electron chi connectivity index (χ2n) is 6.61. The van der Waals surface area contributed by atoms with Gasteiger partial charge in [-0.05, 0) is 38.7 Å². The largest absolute Gasteiger partial charge is 0.469 e. The van der Waals surface area contributed by atoms with Crippen molar-refractivity contribution < 1.29 is 18.7 Å². The Morgan fingerprint density at radius 2 is 2.08 bits per heavy atom. The normalized spacial score (nSPS) is 20.5.